The molecule has 0 saturated carbocycles. The van der Waals surface area contributed by atoms with Crippen molar-refractivity contribution in [2.24, 2.45) is 0 Å². The maximum Gasteiger partial charge on any atom is 0.246 e. The Kier molecular flexibility index (Phi) is 3.92. The van der Waals surface area contributed by atoms with E-state index in [4.69, 9.17) is 11.6 Å². The summed E-state index contributed by atoms with van der Waals surface area (Å²) in [5.74, 6) is -0.101. The fraction of sp³-hybridized carbons (Fsp3) is 0.158. The molecule has 5 heteroatoms. The van der Waals surface area contributed by atoms with Crippen LogP contribution in [0.4, 0.5) is 5.69 Å². The SMILES string of the molecule is O=C(Nc1cncc2ccccc12)[C@@H]1NCCc2ccc(Cl)cc21. The minimum absolute atomic E-state index is 0.101. The Morgan fingerprint density at radius 2 is 2.08 bits per heavy atom. The minimum Gasteiger partial charge on any atom is -0.323 e. The lowest BCUT2D eigenvalue weighted by Crippen LogP contribution is -2.38. The van der Waals surface area contributed by atoms with Crippen LogP contribution in [-0.2, 0) is 11.2 Å². The quantitative estimate of drug-likeness (QED) is 0.749. The molecule has 1 aromatic heterocycles. The third kappa shape index (κ3) is 2.75. The number of rotatable bonds is 2. The molecule has 2 N–H and O–H groups in total. The molecule has 4 rings (SSSR count). The van der Waals surface area contributed by atoms with E-state index in [9.17, 15) is 4.79 Å². The van der Waals surface area contributed by atoms with Gasteiger partial charge in [-0.2, -0.15) is 0 Å². The van der Waals surface area contributed by atoms with Gasteiger partial charge < -0.3 is 10.6 Å². The highest BCUT2D eigenvalue weighted by Gasteiger charge is 2.26. The molecule has 0 bridgehead atoms. The van der Waals surface area contributed by atoms with Crippen LogP contribution in [0.1, 0.15) is 17.2 Å². The Morgan fingerprint density at radius 3 is 3.00 bits per heavy atom. The van der Waals surface area contributed by atoms with Crippen LogP contribution in [0.2, 0.25) is 5.02 Å². The van der Waals surface area contributed by atoms with Crippen molar-refractivity contribution in [1.82, 2.24) is 10.3 Å². The molecule has 0 radical (unpaired) electrons. The van der Waals surface area contributed by atoms with Gasteiger partial charge in [-0.3, -0.25) is 9.78 Å². The highest BCUT2D eigenvalue weighted by atomic mass is 35.5. The number of amides is 1. The van der Waals surface area contributed by atoms with Crippen molar-refractivity contribution in [3.63, 3.8) is 0 Å². The molecule has 0 unspecified atom stereocenters. The highest BCUT2D eigenvalue weighted by Crippen LogP contribution is 2.28. The van der Waals surface area contributed by atoms with Crippen LogP contribution in [0.3, 0.4) is 0 Å². The summed E-state index contributed by atoms with van der Waals surface area (Å²) < 4.78 is 0. The first kappa shape index (κ1) is 15.1. The molecule has 4 nitrogen and oxygen atoms in total. The third-order valence-corrected chi connectivity index (χ3v) is 4.59. The molecule has 3 aromatic rings. The number of carbonyl (C=O) groups excluding carboxylic acids is 1. The van der Waals surface area contributed by atoms with Crippen LogP contribution in [-0.4, -0.2) is 17.4 Å². The van der Waals surface area contributed by atoms with Crippen molar-refractivity contribution in [3.05, 3.63) is 71.0 Å². The highest BCUT2D eigenvalue weighted by molar-refractivity contribution is 6.30. The maximum atomic E-state index is 12.8. The predicted molar refractivity (Wildman–Crippen MR) is 96.3 cm³/mol. The van der Waals surface area contributed by atoms with E-state index in [1.54, 1.807) is 12.4 Å². The van der Waals surface area contributed by atoms with Gasteiger partial charge in [0.25, 0.3) is 0 Å². The lowest BCUT2D eigenvalue weighted by molar-refractivity contribution is -0.118. The Labute approximate surface area is 144 Å². The lowest BCUT2D eigenvalue weighted by atomic mass is 9.94. The molecule has 0 fully saturated rings. The lowest BCUT2D eigenvalue weighted by Gasteiger charge is -2.26. The molecule has 0 saturated heterocycles. The van der Waals surface area contributed by atoms with Gasteiger partial charge in [-0.25, -0.2) is 0 Å². The summed E-state index contributed by atoms with van der Waals surface area (Å²) in [7, 11) is 0. The predicted octanol–water partition coefficient (Wildman–Crippen LogP) is 3.71. The van der Waals surface area contributed by atoms with E-state index < -0.39 is 6.04 Å². The van der Waals surface area contributed by atoms with Crippen LogP contribution in [0.25, 0.3) is 10.8 Å². The van der Waals surface area contributed by atoms with Gasteiger partial charge in [0, 0.05) is 28.5 Å². The average molecular weight is 338 g/mol. The number of halogens is 1. The summed E-state index contributed by atoms with van der Waals surface area (Å²) in [6.45, 7) is 0.764. The monoisotopic (exact) mass is 337 g/mol. The number of pyridine rings is 1. The summed E-state index contributed by atoms with van der Waals surface area (Å²) in [5, 5.41) is 8.90. The second-order valence-electron chi connectivity index (χ2n) is 5.88. The number of hydrogen-bond donors (Lipinski definition) is 2. The first-order chi connectivity index (χ1) is 11.7. The summed E-state index contributed by atoms with van der Waals surface area (Å²) in [6, 6.07) is 13.2. The molecule has 2 heterocycles. The van der Waals surface area contributed by atoms with Gasteiger partial charge in [0.05, 0.1) is 11.9 Å². The minimum atomic E-state index is -0.411. The van der Waals surface area contributed by atoms with Crippen LogP contribution >= 0.6 is 11.6 Å². The van der Waals surface area contributed by atoms with E-state index in [0.29, 0.717) is 10.7 Å². The molecule has 1 aliphatic rings. The van der Waals surface area contributed by atoms with E-state index in [-0.39, 0.29) is 5.91 Å². The first-order valence-electron chi connectivity index (χ1n) is 7.88. The molecular formula is C19H16ClN3O. The van der Waals surface area contributed by atoms with E-state index in [0.717, 1.165) is 34.9 Å². The second-order valence-corrected chi connectivity index (χ2v) is 6.31. The number of benzene rings is 2. The first-order valence-corrected chi connectivity index (χ1v) is 8.25. The molecule has 1 aliphatic heterocycles. The van der Waals surface area contributed by atoms with Crippen molar-refractivity contribution in [3.8, 4) is 0 Å². The van der Waals surface area contributed by atoms with E-state index in [1.807, 2.05) is 42.5 Å². The van der Waals surface area contributed by atoms with Crippen molar-refractivity contribution in [1.29, 1.82) is 0 Å². The molecule has 2 aromatic carbocycles. The van der Waals surface area contributed by atoms with Crippen LogP contribution in [0, 0.1) is 0 Å². The summed E-state index contributed by atoms with van der Waals surface area (Å²) in [4.78, 5) is 17.1. The normalized spacial score (nSPS) is 16.6. The van der Waals surface area contributed by atoms with Gasteiger partial charge in [-0.1, -0.05) is 41.9 Å². The number of anilines is 1. The molecular weight excluding hydrogens is 322 g/mol. The van der Waals surface area contributed by atoms with Gasteiger partial charge in [-0.05, 0) is 29.7 Å². The van der Waals surface area contributed by atoms with Crippen molar-refractivity contribution in [2.75, 3.05) is 11.9 Å². The number of nitrogens with one attached hydrogen (secondary N) is 2. The van der Waals surface area contributed by atoms with E-state index in [1.165, 1.54) is 0 Å². The Morgan fingerprint density at radius 1 is 1.21 bits per heavy atom. The number of fused-ring (bicyclic) bond motifs is 2. The van der Waals surface area contributed by atoms with Crippen molar-refractivity contribution in [2.45, 2.75) is 12.5 Å². The summed E-state index contributed by atoms with van der Waals surface area (Å²) in [5.41, 5.74) is 2.82. The number of hydrogen-bond acceptors (Lipinski definition) is 3. The Bertz CT molecular complexity index is 920. The second kappa shape index (κ2) is 6.23. The molecule has 0 spiro atoms. The largest absolute Gasteiger partial charge is 0.323 e. The molecule has 1 atom stereocenters. The molecule has 24 heavy (non-hydrogen) atoms. The smallest absolute Gasteiger partial charge is 0.246 e. The van der Waals surface area contributed by atoms with E-state index in [2.05, 4.69) is 15.6 Å². The standard InChI is InChI=1S/C19H16ClN3O/c20-14-6-5-12-7-8-22-18(16(12)9-14)19(24)23-17-11-21-10-13-3-1-2-4-15(13)17/h1-6,9-11,18,22H,7-8H2,(H,23,24)/t18-/m1/s1. The zero-order valence-electron chi connectivity index (χ0n) is 12.9. The Balaban J connectivity index is 1.67. The maximum absolute atomic E-state index is 12.8. The molecule has 120 valence electrons. The third-order valence-electron chi connectivity index (χ3n) is 4.35. The van der Waals surface area contributed by atoms with Gasteiger partial charge >= 0.3 is 0 Å². The fourth-order valence-electron chi connectivity index (χ4n) is 3.18. The van der Waals surface area contributed by atoms with Gasteiger partial charge in [0.15, 0.2) is 0 Å². The van der Waals surface area contributed by atoms with E-state index >= 15 is 0 Å². The molecule has 1 amide bonds. The van der Waals surface area contributed by atoms with Crippen molar-refractivity contribution < 1.29 is 4.79 Å². The van der Waals surface area contributed by atoms with Gasteiger partial charge in [0.1, 0.15) is 6.04 Å². The van der Waals surface area contributed by atoms with Gasteiger partial charge in [0.2, 0.25) is 5.91 Å². The fourth-order valence-corrected chi connectivity index (χ4v) is 3.36. The number of nitrogens with zero attached hydrogens (tertiary/aromatic N) is 1. The van der Waals surface area contributed by atoms with Gasteiger partial charge in [-0.15, -0.1) is 0 Å². The van der Waals surface area contributed by atoms with Crippen LogP contribution in [0.15, 0.2) is 54.9 Å². The van der Waals surface area contributed by atoms with Crippen LogP contribution in [0.5, 0.6) is 0 Å². The summed E-state index contributed by atoms with van der Waals surface area (Å²) in [6.07, 6.45) is 4.37. The zero-order valence-corrected chi connectivity index (χ0v) is 13.7. The topological polar surface area (TPSA) is 54.0 Å². The Hall–Kier alpha value is -2.43. The number of aromatic nitrogens is 1. The van der Waals surface area contributed by atoms with Crippen LogP contribution < -0.4 is 10.6 Å². The van der Waals surface area contributed by atoms with Crippen molar-refractivity contribution >= 4 is 34.0 Å². The number of carbonyl (C=O) groups is 1. The molecule has 0 aliphatic carbocycles. The summed E-state index contributed by atoms with van der Waals surface area (Å²) >= 11 is 6.12. The zero-order chi connectivity index (χ0) is 16.5. The average Bonchev–Trinajstić information content (AvgIpc) is 2.61.